The van der Waals surface area contributed by atoms with Crippen molar-refractivity contribution in [1.82, 2.24) is 0 Å². The number of rotatable bonds is 3. The first-order chi connectivity index (χ1) is 9.10. The van der Waals surface area contributed by atoms with Crippen molar-refractivity contribution in [2.45, 2.75) is 18.9 Å². The van der Waals surface area contributed by atoms with E-state index in [0.29, 0.717) is 11.4 Å². The molecule has 1 amide bonds. The van der Waals surface area contributed by atoms with Crippen LogP contribution in [0.4, 0.5) is 16.2 Å². The van der Waals surface area contributed by atoms with Crippen LogP contribution in [-0.2, 0) is 4.74 Å². The van der Waals surface area contributed by atoms with E-state index in [9.17, 15) is 4.79 Å². The third-order valence-corrected chi connectivity index (χ3v) is 3.31. The molecule has 2 rings (SSSR count). The summed E-state index contributed by atoms with van der Waals surface area (Å²) in [5.41, 5.74) is 12.5. The van der Waals surface area contributed by atoms with Gasteiger partial charge in [-0.25, -0.2) is 4.79 Å². The van der Waals surface area contributed by atoms with Crippen LogP contribution in [0, 0.1) is 0 Å². The summed E-state index contributed by atoms with van der Waals surface area (Å²) in [7, 11) is 1.60. The molecule has 4 N–H and O–H groups in total. The first kappa shape index (κ1) is 13.3. The molecule has 1 aromatic carbocycles. The lowest BCUT2D eigenvalue weighted by atomic mass is 10.1. The number of hydrogen-bond donors (Lipinski definition) is 2. The maximum atomic E-state index is 10.7. The molecule has 0 unspecified atom stereocenters. The Bertz CT molecular complexity index is 456. The van der Waals surface area contributed by atoms with E-state index < -0.39 is 6.09 Å². The third-order valence-electron chi connectivity index (χ3n) is 3.31. The molecule has 0 aliphatic carbocycles. The summed E-state index contributed by atoms with van der Waals surface area (Å²) in [5.74, 6) is 0.674. The Hall–Kier alpha value is -2.11. The molecule has 0 spiro atoms. The maximum absolute atomic E-state index is 10.7. The van der Waals surface area contributed by atoms with Gasteiger partial charge in [-0.05, 0) is 12.1 Å². The Labute approximate surface area is 112 Å². The Balaban J connectivity index is 1.99. The third kappa shape index (κ3) is 3.21. The number of piperidine rings is 1. The van der Waals surface area contributed by atoms with Crippen LogP contribution >= 0.6 is 0 Å². The van der Waals surface area contributed by atoms with E-state index in [2.05, 4.69) is 4.90 Å². The summed E-state index contributed by atoms with van der Waals surface area (Å²) in [4.78, 5) is 12.9. The number of anilines is 2. The molecule has 1 heterocycles. The minimum absolute atomic E-state index is 0.0792. The van der Waals surface area contributed by atoms with Gasteiger partial charge in [-0.1, -0.05) is 0 Å². The van der Waals surface area contributed by atoms with Gasteiger partial charge in [0.2, 0.25) is 0 Å². The number of methoxy groups -OCH3 is 1. The van der Waals surface area contributed by atoms with Crippen molar-refractivity contribution in [2.75, 3.05) is 30.8 Å². The van der Waals surface area contributed by atoms with Crippen LogP contribution in [0.1, 0.15) is 12.8 Å². The summed E-state index contributed by atoms with van der Waals surface area (Å²) >= 11 is 0. The average Bonchev–Trinajstić information content (AvgIpc) is 2.40. The number of ether oxygens (including phenoxy) is 2. The second-order valence-corrected chi connectivity index (χ2v) is 4.55. The van der Waals surface area contributed by atoms with E-state index in [1.807, 2.05) is 18.2 Å². The molecule has 1 aliphatic heterocycles. The van der Waals surface area contributed by atoms with Crippen molar-refractivity contribution in [3.63, 3.8) is 0 Å². The molecular weight excluding hydrogens is 246 g/mol. The standard InChI is InChI=1S/C13H19N3O3/c1-18-12-8-9(2-3-11(12)14)16-6-4-10(5-7-16)19-13(15)17/h2-3,8,10H,4-7,14H2,1H3,(H2,15,17). The number of carbonyl (C=O) groups excluding carboxylic acids is 1. The summed E-state index contributed by atoms with van der Waals surface area (Å²) in [6.07, 6.45) is 0.766. The molecule has 0 aromatic heterocycles. The molecule has 104 valence electrons. The van der Waals surface area contributed by atoms with Gasteiger partial charge >= 0.3 is 6.09 Å². The normalized spacial score (nSPS) is 16.2. The molecule has 0 bridgehead atoms. The van der Waals surface area contributed by atoms with Crippen LogP contribution < -0.4 is 21.1 Å². The maximum Gasteiger partial charge on any atom is 0.404 e. The first-order valence-corrected chi connectivity index (χ1v) is 6.24. The fourth-order valence-electron chi connectivity index (χ4n) is 2.29. The quantitative estimate of drug-likeness (QED) is 0.805. The highest BCUT2D eigenvalue weighted by Gasteiger charge is 2.22. The van der Waals surface area contributed by atoms with Gasteiger partial charge in [0.1, 0.15) is 11.9 Å². The van der Waals surface area contributed by atoms with Crippen LogP contribution in [0.25, 0.3) is 0 Å². The molecular formula is C13H19N3O3. The van der Waals surface area contributed by atoms with E-state index in [4.69, 9.17) is 20.9 Å². The summed E-state index contributed by atoms with van der Waals surface area (Å²) in [6.45, 7) is 1.62. The number of nitrogen functional groups attached to an aromatic ring is 1. The van der Waals surface area contributed by atoms with Gasteiger partial charge in [-0.15, -0.1) is 0 Å². The number of nitrogens with two attached hydrogens (primary N) is 2. The van der Waals surface area contributed by atoms with Gasteiger partial charge in [-0.2, -0.15) is 0 Å². The minimum atomic E-state index is -0.701. The highest BCUT2D eigenvalue weighted by molar-refractivity contribution is 5.65. The molecule has 1 aliphatic rings. The molecule has 19 heavy (non-hydrogen) atoms. The van der Waals surface area contributed by atoms with Crippen LogP contribution in [0.3, 0.4) is 0 Å². The van der Waals surface area contributed by atoms with E-state index in [0.717, 1.165) is 31.6 Å². The molecule has 0 saturated carbocycles. The van der Waals surface area contributed by atoms with Crippen molar-refractivity contribution in [1.29, 1.82) is 0 Å². The van der Waals surface area contributed by atoms with Crippen LogP contribution in [-0.4, -0.2) is 32.4 Å². The largest absolute Gasteiger partial charge is 0.495 e. The second-order valence-electron chi connectivity index (χ2n) is 4.55. The highest BCUT2D eigenvalue weighted by Crippen LogP contribution is 2.29. The molecule has 0 atom stereocenters. The van der Waals surface area contributed by atoms with E-state index >= 15 is 0 Å². The number of nitrogens with zero attached hydrogens (tertiary/aromatic N) is 1. The van der Waals surface area contributed by atoms with E-state index in [1.54, 1.807) is 7.11 Å². The number of amides is 1. The lowest BCUT2D eigenvalue weighted by molar-refractivity contribution is 0.0912. The zero-order valence-corrected chi connectivity index (χ0v) is 11.0. The van der Waals surface area contributed by atoms with Crippen molar-refractivity contribution >= 4 is 17.5 Å². The van der Waals surface area contributed by atoms with Gasteiger partial charge in [0.25, 0.3) is 0 Å². The predicted molar refractivity (Wildman–Crippen MR) is 73.3 cm³/mol. The lowest BCUT2D eigenvalue weighted by Gasteiger charge is -2.33. The Morgan fingerprint density at radius 3 is 2.63 bits per heavy atom. The summed E-state index contributed by atoms with van der Waals surface area (Å²) in [5, 5.41) is 0. The molecule has 1 fully saturated rings. The molecule has 1 aromatic rings. The Morgan fingerprint density at radius 2 is 2.05 bits per heavy atom. The highest BCUT2D eigenvalue weighted by atomic mass is 16.6. The van der Waals surface area contributed by atoms with E-state index in [1.165, 1.54) is 0 Å². The summed E-state index contributed by atoms with van der Waals surface area (Å²) < 4.78 is 10.2. The monoisotopic (exact) mass is 265 g/mol. The second kappa shape index (κ2) is 5.69. The number of hydrogen-bond acceptors (Lipinski definition) is 5. The molecule has 0 radical (unpaired) electrons. The Morgan fingerprint density at radius 1 is 1.37 bits per heavy atom. The summed E-state index contributed by atoms with van der Waals surface area (Å²) in [6, 6.07) is 5.72. The van der Waals surface area contributed by atoms with Crippen LogP contribution in [0.2, 0.25) is 0 Å². The van der Waals surface area contributed by atoms with Crippen molar-refractivity contribution in [2.24, 2.45) is 5.73 Å². The lowest BCUT2D eigenvalue weighted by Crippen LogP contribution is -2.38. The van der Waals surface area contributed by atoms with Crippen LogP contribution in [0.15, 0.2) is 18.2 Å². The van der Waals surface area contributed by atoms with Crippen molar-refractivity contribution in [3.05, 3.63) is 18.2 Å². The van der Waals surface area contributed by atoms with Gasteiger partial charge < -0.3 is 25.8 Å². The smallest absolute Gasteiger partial charge is 0.404 e. The Kier molecular flexibility index (Phi) is 3.99. The van der Waals surface area contributed by atoms with Gasteiger partial charge in [-0.3, -0.25) is 0 Å². The predicted octanol–water partition coefficient (Wildman–Crippen LogP) is 1.34. The van der Waals surface area contributed by atoms with Crippen LogP contribution in [0.5, 0.6) is 5.75 Å². The average molecular weight is 265 g/mol. The molecule has 6 nitrogen and oxygen atoms in total. The molecule has 6 heteroatoms. The zero-order chi connectivity index (χ0) is 13.8. The van der Waals surface area contributed by atoms with E-state index in [-0.39, 0.29) is 6.10 Å². The minimum Gasteiger partial charge on any atom is -0.495 e. The van der Waals surface area contributed by atoms with Gasteiger partial charge in [0.15, 0.2) is 0 Å². The molecule has 1 saturated heterocycles. The fourth-order valence-corrected chi connectivity index (χ4v) is 2.29. The zero-order valence-electron chi connectivity index (χ0n) is 11.0. The topological polar surface area (TPSA) is 90.8 Å². The van der Waals surface area contributed by atoms with Crippen molar-refractivity contribution in [3.8, 4) is 5.75 Å². The van der Waals surface area contributed by atoms with Gasteiger partial charge in [0, 0.05) is 37.7 Å². The van der Waals surface area contributed by atoms with Crippen molar-refractivity contribution < 1.29 is 14.3 Å². The SMILES string of the molecule is COc1cc(N2CCC(OC(N)=O)CC2)ccc1N. The first-order valence-electron chi connectivity index (χ1n) is 6.24. The van der Waals surface area contributed by atoms with Gasteiger partial charge in [0.05, 0.1) is 12.8 Å². The number of carbonyl (C=O) groups is 1. The number of primary amides is 1. The number of benzene rings is 1. The fraction of sp³-hybridized carbons (Fsp3) is 0.462.